The summed E-state index contributed by atoms with van der Waals surface area (Å²) in [6, 6.07) is 13.2. The molecule has 29 heavy (non-hydrogen) atoms. The third-order valence-electron chi connectivity index (χ3n) is 5.51. The van der Waals surface area contributed by atoms with Crippen LogP contribution in [-0.2, 0) is 24.2 Å². The van der Waals surface area contributed by atoms with E-state index in [2.05, 4.69) is 20.1 Å². The molecule has 0 unspecified atom stereocenters. The lowest BCUT2D eigenvalue weighted by atomic mass is 10.1. The number of carbonyl (C=O) groups excluding carboxylic acids is 1. The molecule has 2 aromatic carbocycles. The first-order valence-electron chi connectivity index (χ1n) is 9.96. The van der Waals surface area contributed by atoms with E-state index in [1.165, 1.54) is 12.8 Å². The molecule has 2 aliphatic rings. The molecule has 0 aliphatic carbocycles. The molecule has 0 radical (unpaired) electrons. The summed E-state index contributed by atoms with van der Waals surface area (Å²) in [5, 5.41) is 12.3. The smallest absolute Gasteiger partial charge is 0.265 e. The van der Waals surface area contributed by atoms with Gasteiger partial charge in [0.1, 0.15) is 11.6 Å². The van der Waals surface area contributed by atoms with Crippen molar-refractivity contribution in [1.29, 1.82) is 0 Å². The highest BCUT2D eigenvalue weighted by atomic mass is 35.5. The van der Waals surface area contributed by atoms with Gasteiger partial charge in [-0.25, -0.2) is 0 Å². The number of rotatable bonds is 3. The first-order valence-corrected chi connectivity index (χ1v) is 10.3. The second kappa shape index (κ2) is 7.52. The van der Waals surface area contributed by atoms with E-state index in [0.29, 0.717) is 11.4 Å². The SMILES string of the molecule is O=C(Nc1ccc(-c2nnc3n2CCCCC3)cc1)[C@H]1Cc2cc(Cl)ccc2O1. The predicted molar refractivity (Wildman–Crippen MR) is 111 cm³/mol. The zero-order chi connectivity index (χ0) is 19.8. The third-order valence-corrected chi connectivity index (χ3v) is 5.74. The highest BCUT2D eigenvalue weighted by molar-refractivity contribution is 6.30. The maximum absolute atomic E-state index is 12.6. The monoisotopic (exact) mass is 408 g/mol. The molecule has 2 aliphatic heterocycles. The summed E-state index contributed by atoms with van der Waals surface area (Å²) in [5.74, 6) is 2.51. The van der Waals surface area contributed by atoms with Crippen molar-refractivity contribution in [3.63, 3.8) is 0 Å². The lowest BCUT2D eigenvalue weighted by Gasteiger charge is -2.12. The highest BCUT2D eigenvalue weighted by Crippen LogP contribution is 2.31. The summed E-state index contributed by atoms with van der Waals surface area (Å²) in [7, 11) is 0. The fraction of sp³-hybridized carbons (Fsp3) is 0.318. The Hall–Kier alpha value is -2.86. The molecule has 0 spiro atoms. The van der Waals surface area contributed by atoms with Gasteiger partial charge in [0.15, 0.2) is 11.9 Å². The Bertz CT molecular complexity index is 1060. The van der Waals surface area contributed by atoms with Crippen LogP contribution in [0, 0.1) is 0 Å². The number of ether oxygens (including phenoxy) is 1. The van der Waals surface area contributed by atoms with Crippen LogP contribution in [0.2, 0.25) is 5.02 Å². The molecule has 1 aromatic heterocycles. The van der Waals surface area contributed by atoms with Gasteiger partial charge in [0.25, 0.3) is 5.91 Å². The second-order valence-corrected chi connectivity index (χ2v) is 7.97. The van der Waals surface area contributed by atoms with Gasteiger partial charge in [-0.3, -0.25) is 4.79 Å². The van der Waals surface area contributed by atoms with Gasteiger partial charge in [-0.2, -0.15) is 0 Å². The molecule has 3 aromatic rings. The van der Waals surface area contributed by atoms with E-state index in [1.807, 2.05) is 30.3 Å². The van der Waals surface area contributed by atoms with Crippen LogP contribution in [-0.4, -0.2) is 26.8 Å². The van der Waals surface area contributed by atoms with E-state index in [-0.39, 0.29) is 5.91 Å². The van der Waals surface area contributed by atoms with E-state index in [0.717, 1.165) is 53.6 Å². The summed E-state index contributed by atoms with van der Waals surface area (Å²) >= 11 is 6.02. The lowest BCUT2D eigenvalue weighted by Crippen LogP contribution is -2.31. The van der Waals surface area contributed by atoms with E-state index in [4.69, 9.17) is 16.3 Å². The molecule has 3 heterocycles. The summed E-state index contributed by atoms with van der Waals surface area (Å²) in [6.07, 6.45) is 4.51. The summed E-state index contributed by atoms with van der Waals surface area (Å²) in [4.78, 5) is 12.6. The number of aryl methyl sites for hydroxylation is 1. The number of aromatic nitrogens is 3. The predicted octanol–water partition coefficient (Wildman–Crippen LogP) is 4.27. The quantitative estimate of drug-likeness (QED) is 0.702. The Kier molecular flexibility index (Phi) is 4.72. The third kappa shape index (κ3) is 3.60. The number of amides is 1. The van der Waals surface area contributed by atoms with Crippen molar-refractivity contribution >= 4 is 23.2 Å². The molecule has 1 amide bonds. The van der Waals surface area contributed by atoms with Crippen LogP contribution in [0.4, 0.5) is 5.69 Å². The van der Waals surface area contributed by atoms with Gasteiger partial charge in [-0.15, -0.1) is 10.2 Å². The van der Waals surface area contributed by atoms with Crippen molar-refractivity contribution in [1.82, 2.24) is 14.8 Å². The van der Waals surface area contributed by atoms with Crippen LogP contribution in [0.3, 0.4) is 0 Å². The second-order valence-electron chi connectivity index (χ2n) is 7.53. The number of anilines is 1. The average Bonchev–Trinajstić information content (AvgIpc) is 3.25. The molecule has 1 N–H and O–H groups in total. The van der Waals surface area contributed by atoms with Crippen molar-refractivity contribution < 1.29 is 9.53 Å². The van der Waals surface area contributed by atoms with Crippen LogP contribution in [0.5, 0.6) is 5.75 Å². The molecule has 6 nitrogen and oxygen atoms in total. The number of halogens is 1. The minimum atomic E-state index is -0.546. The number of benzene rings is 2. The highest BCUT2D eigenvalue weighted by Gasteiger charge is 2.29. The average molecular weight is 409 g/mol. The van der Waals surface area contributed by atoms with Crippen LogP contribution in [0.15, 0.2) is 42.5 Å². The molecule has 0 fully saturated rings. The molecule has 0 saturated heterocycles. The fourth-order valence-corrected chi connectivity index (χ4v) is 4.18. The van der Waals surface area contributed by atoms with E-state index in [9.17, 15) is 4.79 Å². The molecule has 1 atom stereocenters. The summed E-state index contributed by atoms with van der Waals surface area (Å²) in [5.41, 5.74) is 2.69. The number of fused-ring (bicyclic) bond motifs is 2. The summed E-state index contributed by atoms with van der Waals surface area (Å²) < 4.78 is 7.98. The molecule has 0 bridgehead atoms. The topological polar surface area (TPSA) is 69.0 Å². The van der Waals surface area contributed by atoms with Crippen molar-refractivity contribution in [2.75, 3.05) is 5.32 Å². The number of nitrogens with one attached hydrogen (secondary N) is 1. The van der Waals surface area contributed by atoms with Gasteiger partial charge in [0, 0.05) is 35.7 Å². The number of carbonyl (C=O) groups is 1. The lowest BCUT2D eigenvalue weighted by molar-refractivity contribution is -0.122. The molecule has 148 valence electrons. The first kappa shape index (κ1) is 18.2. The Morgan fingerprint density at radius 3 is 2.83 bits per heavy atom. The number of hydrogen-bond donors (Lipinski definition) is 1. The van der Waals surface area contributed by atoms with Gasteiger partial charge < -0.3 is 14.6 Å². The summed E-state index contributed by atoms with van der Waals surface area (Å²) in [6.45, 7) is 0.958. The fourth-order valence-electron chi connectivity index (χ4n) is 3.99. The maximum Gasteiger partial charge on any atom is 0.265 e. The molecule has 7 heteroatoms. The molecular formula is C22H21ClN4O2. The van der Waals surface area contributed by atoms with Crippen LogP contribution in [0.1, 0.15) is 30.7 Å². The zero-order valence-electron chi connectivity index (χ0n) is 15.9. The van der Waals surface area contributed by atoms with Gasteiger partial charge in [-0.05, 0) is 60.9 Å². The standard InChI is InChI=1S/C22H21ClN4O2/c23-16-7-10-18-15(12-16)13-19(29-18)22(28)24-17-8-5-14(6-9-17)21-26-25-20-4-2-1-3-11-27(20)21/h5-10,12,19H,1-4,11,13H2,(H,24,28)/t19-/m1/s1. The van der Waals surface area contributed by atoms with Crippen molar-refractivity contribution in [3.05, 3.63) is 58.9 Å². The Morgan fingerprint density at radius 1 is 1.10 bits per heavy atom. The Labute approximate surface area is 173 Å². The molecule has 0 saturated carbocycles. The molecular weight excluding hydrogens is 388 g/mol. The van der Waals surface area contributed by atoms with E-state index < -0.39 is 6.10 Å². The van der Waals surface area contributed by atoms with Gasteiger partial charge in [-0.1, -0.05) is 18.0 Å². The maximum atomic E-state index is 12.6. The van der Waals surface area contributed by atoms with Crippen LogP contribution < -0.4 is 10.1 Å². The Balaban J connectivity index is 1.28. The molecule has 5 rings (SSSR count). The van der Waals surface area contributed by atoms with Gasteiger partial charge in [0.05, 0.1) is 0 Å². The minimum absolute atomic E-state index is 0.165. The van der Waals surface area contributed by atoms with Gasteiger partial charge >= 0.3 is 0 Å². The zero-order valence-corrected chi connectivity index (χ0v) is 16.7. The van der Waals surface area contributed by atoms with Crippen molar-refractivity contribution in [2.24, 2.45) is 0 Å². The van der Waals surface area contributed by atoms with Crippen LogP contribution in [0.25, 0.3) is 11.4 Å². The van der Waals surface area contributed by atoms with E-state index >= 15 is 0 Å². The largest absolute Gasteiger partial charge is 0.480 e. The van der Waals surface area contributed by atoms with E-state index in [1.54, 1.807) is 12.1 Å². The first-order chi connectivity index (χ1) is 14.2. The van der Waals surface area contributed by atoms with Crippen molar-refractivity contribution in [2.45, 2.75) is 44.8 Å². The Morgan fingerprint density at radius 2 is 1.97 bits per heavy atom. The van der Waals surface area contributed by atoms with Gasteiger partial charge in [0.2, 0.25) is 0 Å². The number of hydrogen-bond acceptors (Lipinski definition) is 4. The van der Waals surface area contributed by atoms with Crippen LogP contribution >= 0.6 is 11.6 Å². The minimum Gasteiger partial charge on any atom is -0.480 e. The normalized spacial score (nSPS) is 17.8. The van der Waals surface area contributed by atoms with Crippen molar-refractivity contribution in [3.8, 4) is 17.1 Å². The number of nitrogens with zero attached hydrogens (tertiary/aromatic N) is 3.